The lowest BCUT2D eigenvalue weighted by Crippen LogP contribution is -2.14. The van der Waals surface area contributed by atoms with Crippen molar-refractivity contribution < 1.29 is 10.0 Å². The van der Waals surface area contributed by atoms with Crippen molar-refractivity contribution in [2.24, 2.45) is 10.3 Å². The van der Waals surface area contributed by atoms with Crippen LogP contribution in [-0.2, 0) is 11.3 Å². The Kier molecular flexibility index (Phi) is 4.34. The van der Waals surface area contributed by atoms with E-state index < -0.39 is 0 Å². The molecule has 0 amide bonds. The molecule has 4 heteroatoms. The fourth-order valence-corrected chi connectivity index (χ4v) is 1.18. The second kappa shape index (κ2) is 5.80. The first-order valence-corrected chi connectivity index (χ1v) is 4.61. The number of benzene rings is 1. The Bertz CT molecular complexity index is 358. The molecule has 0 aliphatic heterocycles. The minimum atomic E-state index is 0.459. The van der Waals surface area contributed by atoms with Gasteiger partial charge in [-0.25, -0.2) is 0 Å². The van der Waals surface area contributed by atoms with Crippen molar-refractivity contribution in [1.82, 2.24) is 0 Å². The zero-order chi connectivity index (χ0) is 11.1. The fourth-order valence-electron chi connectivity index (χ4n) is 1.18. The van der Waals surface area contributed by atoms with Crippen molar-refractivity contribution in [3.8, 4) is 0 Å². The van der Waals surface area contributed by atoms with E-state index in [1.165, 1.54) is 7.11 Å². The predicted molar refractivity (Wildman–Crippen MR) is 59.5 cm³/mol. The molecule has 0 aromatic heterocycles. The van der Waals surface area contributed by atoms with Crippen LogP contribution in [-0.4, -0.2) is 23.7 Å². The standard InChI is InChI=1S/C11H14N2O2/c1-9(12-14)11(13-15-2)8-10-6-4-3-5-7-10/h3-7,14H,8H2,1-2H3. The highest BCUT2D eigenvalue weighted by molar-refractivity contribution is 6.41. The second-order valence-corrected chi connectivity index (χ2v) is 3.07. The van der Waals surface area contributed by atoms with Crippen LogP contribution in [0.2, 0.25) is 0 Å². The van der Waals surface area contributed by atoms with Gasteiger partial charge in [0.2, 0.25) is 0 Å². The second-order valence-electron chi connectivity index (χ2n) is 3.07. The Labute approximate surface area is 88.9 Å². The topological polar surface area (TPSA) is 54.2 Å². The highest BCUT2D eigenvalue weighted by Crippen LogP contribution is 2.02. The van der Waals surface area contributed by atoms with Gasteiger partial charge in [0.25, 0.3) is 0 Å². The van der Waals surface area contributed by atoms with E-state index in [-0.39, 0.29) is 0 Å². The van der Waals surface area contributed by atoms with E-state index >= 15 is 0 Å². The Morgan fingerprint density at radius 2 is 2.00 bits per heavy atom. The van der Waals surface area contributed by atoms with Gasteiger partial charge in [-0.15, -0.1) is 0 Å². The summed E-state index contributed by atoms with van der Waals surface area (Å²) in [5.41, 5.74) is 2.17. The maximum absolute atomic E-state index is 8.66. The molecule has 0 bridgehead atoms. The molecule has 0 spiro atoms. The number of hydrogen-bond donors (Lipinski definition) is 1. The molecule has 4 nitrogen and oxygen atoms in total. The average molecular weight is 206 g/mol. The zero-order valence-corrected chi connectivity index (χ0v) is 8.84. The molecule has 1 rings (SSSR count). The van der Waals surface area contributed by atoms with Gasteiger partial charge in [-0.3, -0.25) is 0 Å². The van der Waals surface area contributed by atoms with Crippen LogP contribution >= 0.6 is 0 Å². The first kappa shape index (κ1) is 11.2. The molecular formula is C11H14N2O2. The van der Waals surface area contributed by atoms with Gasteiger partial charge < -0.3 is 10.0 Å². The van der Waals surface area contributed by atoms with Crippen LogP contribution in [0.3, 0.4) is 0 Å². The smallest absolute Gasteiger partial charge is 0.109 e. The van der Waals surface area contributed by atoms with Gasteiger partial charge in [-0.2, -0.15) is 0 Å². The van der Waals surface area contributed by atoms with E-state index in [9.17, 15) is 0 Å². The lowest BCUT2D eigenvalue weighted by atomic mass is 10.1. The summed E-state index contributed by atoms with van der Waals surface area (Å²) in [6.45, 7) is 1.68. The monoisotopic (exact) mass is 206 g/mol. The molecule has 1 aromatic rings. The molecule has 0 fully saturated rings. The summed E-state index contributed by atoms with van der Waals surface area (Å²) in [6.07, 6.45) is 0.588. The van der Waals surface area contributed by atoms with Crippen molar-refractivity contribution in [2.75, 3.05) is 7.11 Å². The fraction of sp³-hybridized carbons (Fsp3) is 0.273. The molecule has 15 heavy (non-hydrogen) atoms. The van der Waals surface area contributed by atoms with Crippen LogP contribution in [0.1, 0.15) is 12.5 Å². The molecule has 0 saturated carbocycles. The SMILES string of the molecule is CON=C(Cc1ccccc1)C(C)=NO. The summed E-state index contributed by atoms with van der Waals surface area (Å²) in [7, 11) is 1.47. The van der Waals surface area contributed by atoms with Crippen molar-refractivity contribution >= 4 is 11.4 Å². The zero-order valence-electron chi connectivity index (χ0n) is 8.84. The van der Waals surface area contributed by atoms with Crippen molar-refractivity contribution in [3.05, 3.63) is 35.9 Å². The number of rotatable bonds is 4. The molecule has 1 aromatic carbocycles. The summed E-state index contributed by atoms with van der Waals surface area (Å²) < 4.78 is 0. The normalized spacial score (nSPS) is 12.7. The lowest BCUT2D eigenvalue weighted by molar-refractivity contribution is 0.213. The Morgan fingerprint density at radius 1 is 1.33 bits per heavy atom. The summed E-state index contributed by atoms with van der Waals surface area (Å²) in [6, 6.07) is 9.81. The van der Waals surface area contributed by atoms with Crippen LogP contribution in [0.4, 0.5) is 0 Å². The third-order valence-electron chi connectivity index (χ3n) is 1.98. The van der Waals surface area contributed by atoms with Gasteiger partial charge in [0.05, 0.1) is 0 Å². The molecule has 0 heterocycles. The summed E-state index contributed by atoms with van der Waals surface area (Å²) in [5, 5.41) is 15.6. The van der Waals surface area contributed by atoms with Gasteiger partial charge in [0.1, 0.15) is 18.5 Å². The molecule has 0 aliphatic carbocycles. The van der Waals surface area contributed by atoms with E-state index in [0.717, 1.165) is 5.56 Å². The van der Waals surface area contributed by atoms with Gasteiger partial charge >= 0.3 is 0 Å². The van der Waals surface area contributed by atoms with Crippen LogP contribution in [0.15, 0.2) is 40.6 Å². The third kappa shape index (κ3) is 3.42. The maximum atomic E-state index is 8.66. The molecule has 0 unspecified atom stereocenters. The van der Waals surface area contributed by atoms with Gasteiger partial charge in [-0.05, 0) is 12.5 Å². The van der Waals surface area contributed by atoms with E-state index in [1.54, 1.807) is 6.92 Å². The van der Waals surface area contributed by atoms with E-state index in [0.29, 0.717) is 17.8 Å². The van der Waals surface area contributed by atoms with Crippen LogP contribution in [0.25, 0.3) is 0 Å². The number of oxime groups is 2. The Balaban J connectivity index is 2.81. The highest BCUT2D eigenvalue weighted by Gasteiger charge is 2.06. The summed E-state index contributed by atoms with van der Waals surface area (Å²) in [4.78, 5) is 4.70. The van der Waals surface area contributed by atoms with Crippen LogP contribution < -0.4 is 0 Å². The summed E-state index contributed by atoms with van der Waals surface area (Å²) >= 11 is 0. The molecule has 0 aliphatic rings. The van der Waals surface area contributed by atoms with Gasteiger partial charge in [0.15, 0.2) is 0 Å². The molecule has 0 atom stereocenters. The molecule has 1 N–H and O–H groups in total. The van der Waals surface area contributed by atoms with Gasteiger partial charge in [-0.1, -0.05) is 40.6 Å². The molecular weight excluding hydrogens is 192 g/mol. The summed E-state index contributed by atoms with van der Waals surface area (Å²) in [5.74, 6) is 0. The minimum Gasteiger partial charge on any atom is -0.411 e. The maximum Gasteiger partial charge on any atom is 0.109 e. The molecule has 0 saturated heterocycles. The van der Waals surface area contributed by atoms with E-state index in [4.69, 9.17) is 10.0 Å². The van der Waals surface area contributed by atoms with Crippen molar-refractivity contribution in [1.29, 1.82) is 0 Å². The third-order valence-corrected chi connectivity index (χ3v) is 1.98. The first-order chi connectivity index (χ1) is 7.27. The molecule has 0 radical (unpaired) electrons. The molecule has 80 valence electrons. The van der Waals surface area contributed by atoms with Crippen LogP contribution in [0.5, 0.6) is 0 Å². The number of nitrogens with zero attached hydrogens (tertiary/aromatic N) is 2. The first-order valence-electron chi connectivity index (χ1n) is 4.61. The lowest BCUT2D eigenvalue weighted by Gasteiger charge is -2.03. The average Bonchev–Trinajstić information content (AvgIpc) is 2.29. The number of hydrogen-bond acceptors (Lipinski definition) is 4. The largest absolute Gasteiger partial charge is 0.411 e. The van der Waals surface area contributed by atoms with Crippen molar-refractivity contribution in [3.63, 3.8) is 0 Å². The minimum absolute atomic E-state index is 0.459. The van der Waals surface area contributed by atoms with Gasteiger partial charge in [0, 0.05) is 6.42 Å². The highest BCUT2D eigenvalue weighted by atomic mass is 16.6. The Morgan fingerprint density at radius 3 is 2.53 bits per heavy atom. The van der Waals surface area contributed by atoms with E-state index in [1.807, 2.05) is 30.3 Å². The van der Waals surface area contributed by atoms with Crippen LogP contribution in [0, 0.1) is 0 Å². The Hall–Kier alpha value is -1.84. The quantitative estimate of drug-likeness (QED) is 0.466. The predicted octanol–water partition coefficient (Wildman–Crippen LogP) is 2.08. The van der Waals surface area contributed by atoms with E-state index in [2.05, 4.69) is 10.3 Å². The van der Waals surface area contributed by atoms with Crippen molar-refractivity contribution in [2.45, 2.75) is 13.3 Å².